The Labute approximate surface area is 578 Å². The van der Waals surface area contributed by atoms with Crippen LogP contribution in [-0.2, 0) is 29.5 Å². The first kappa shape index (κ1) is 70.7. The molecular weight excluding hydrogens is 1440 g/mol. The second-order valence-electron chi connectivity index (χ2n) is 27.7. The van der Waals surface area contributed by atoms with E-state index in [-0.39, 0.29) is 120 Å². The Morgan fingerprint density at radius 3 is 1.15 bits per heavy atom. The topological polar surface area (TPSA) is 332 Å². The summed E-state index contributed by atoms with van der Waals surface area (Å²) in [5, 5.41) is 57.4. The number of carbonyl (C=O) groups excluding carboxylic acids is 3. The molecule has 36 heteroatoms. The van der Waals surface area contributed by atoms with Gasteiger partial charge in [-0.2, -0.15) is 54.8 Å². The van der Waals surface area contributed by atoms with Crippen LogP contribution < -0.4 is 30.2 Å². The van der Waals surface area contributed by atoms with Crippen LogP contribution in [0.2, 0.25) is 0 Å². The zero-order valence-corrected chi connectivity index (χ0v) is 56.4. The van der Waals surface area contributed by atoms with Crippen molar-refractivity contribution in [3.63, 3.8) is 0 Å². The van der Waals surface area contributed by atoms with Gasteiger partial charge in [-0.25, -0.2) is 39.3 Å². The summed E-state index contributed by atoms with van der Waals surface area (Å²) in [4.78, 5) is 41.3. The Morgan fingerprint density at radius 1 is 0.466 bits per heavy atom. The van der Waals surface area contributed by atoms with E-state index in [0.717, 1.165) is 16.8 Å². The average molecular weight is 1500 g/mol. The number of aliphatic hydroxyl groups excluding tert-OH is 3. The summed E-state index contributed by atoms with van der Waals surface area (Å²) >= 11 is 0. The summed E-state index contributed by atoms with van der Waals surface area (Å²) in [6.07, 6.45) is -11.5. The number of aromatic nitrogens is 6. The number of fused-ring (bicyclic) bond motifs is 3. The average Bonchev–Trinajstić information content (AvgIpc) is 1.53. The fourth-order valence-electron chi connectivity index (χ4n) is 14.6. The number of benzene rings is 6. The smallest absolute Gasteiger partial charge is 0.420 e. The third-order valence-electron chi connectivity index (χ3n) is 18.9. The Hall–Kier alpha value is -9.36. The number of nitrogens with zero attached hydrogens (tertiary/aromatic N) is 6. The number of halogens is 9. The van der Waals surface area contributed by atoms with E-state index < -0.39 is 166 Å². The molecule has 6 heterocycles. The number of amides is 3. The summed E-state index contributed by atoms with van der Waals surface area (Å²) in [5.41, 5.74) is -4.15. The molecule has 0 bridgehead atoms. The summed E-state index contributed by atoms with van der Waals surface area (Å²) in [6.45, 7) is -5.51. The molecule has 14 rings (SSSR count). The molecule has 24 nitrogen and oxygen atoms in total. The monoisotopic (exact) mass is 1500 g/mol. The molecular formula is C67H60F9N9O15S3. The number of nitrogens with one attached hydrogen (secondary N) is 3. The van der Waals surface area contributed by atoms with Crippen LogP contribution in [-0.4, -0.2) is 165 Å². The molecule has 0 radical (unpaired) electrons. The minimum atomic E-state index is -5.33. The number of hydrogen-bond donors (Lipinski definition) is 6. The van der Waals surface area contributed by atoms with E-state index >= 15 is 0 Å². The second-order valence-corrected chi connectivity index (χ2v) is 33.9. The molecule has 544 valence electrons. The molecule has 0 spiro atoms. The number of rotatable bonds is 22. The van der Waals surface area contributed by atoms with Gasteiger partial charge < -0.3 is 45.5 Å². The molecule has 2 saturated carbocycles. The van der Waals surface area contributed by atoms with Gasteiger partial charge in [-0.1, -0.05) is 6.07 Å². The maximum absolute atomic E-state index is 14.4. The summed E-state index contributed by atoms with van der Waals surface area (Å²) in [6, 6.07) is 25.0. The fourth-order valence-corrected chi connectivity index (χ4v) is 20.6. The van der Waals surface area contributed by atoms with Crippen molar-refractivity contribution in [2.45, 2.75) is 106 Å². The van der Waals surface area contributed by atoms with Crippen LogP contribution in [0.25, 0.3) is 49.8 Å². The maximum Gasteiger partial charge on any atom is 0.420 e. The Morgan fingerprint density at radius 2 is 0.796 bits per heavy atom. The van der Waals surface area contributed by atoms with Crippen LogP contribution in [0.4, 0.5) is 39.5 Å². The van der Waals surface area contributed by atoms with Gasteiger partial charge in [0.25, 0.3) is 17.7 Å². The summed E-state index contributed by atoms with van der Waals surface area (Å²) in [7, 11) is -10.3. The van der Waals surface area contributed by atoms with Crippen LogP contribution in [0.15, 0.2) is 115 Å². The van der Waals surface area contributed by atoms with Crippen molar-refractivity contribution in [3.05, 3.63) is 160 Å². The third-order valence-corrected chi connectivity index (χ3v) is 25.4. The molecule has 6 N–H and O–H groups in total. The molecule has 3 amide bonds. The van der Waals surface area contributed by atoms with Gasteiger partial charge >= 0.3 is 26.0 Å². The Bertz CT molecular complexity index is 5350. The normalized spacial score (nSPS) is 21.8. The molecule has 3 saturated heterocycles. The first-order valence-electron chi connectivity index (χ1n) is 31.7. The van der Waals surface area contributed by atoms with Gasteiger partial charge in [0.2, 0.25) is 0 Å². The van der Waals surface area contributed by atoms with Crippen molar-refractivity contribution in [1.82, 2.24) is 45.3 Å². The fraction of sp³-hybridized carbons (Fsp3) is 0.373. The highest BCUT2D eigenvalue weighted by Gasteiger charge is 2.51. The lowest BCUT2D eigenvalue weighted by molar-refractivity contribution is -0.207. The van der Waals surface area contributed by atoms with E-state index in [1.807, 2.05) is 0 Å². The van der Waals surface area contributed by atoms with Gasteiger partial charge in [0.15, 0.2) is 35.6 Å². The first-order valence-corrected chi connectivity index (χ1v) is 37.2. The first-order chi connectivity index (χ1) is 48.2. The predicted octanol–water partition coefficient (Wildman–Crippen LogP) is 8.53. The third kappa shape index (κ3) is 14.1. The van der Waals surface area contributed by atoms with Crippen molar-refractivity contribution in [1.29, 1.82) is 0 Å². The molecule has 5 aliphatic rings. The molecule has 3 aliphatic heterocycles. The molecule has 3 aromatic heterocycles. The van der Waals surface area contributed by atoms with Gasteiger partial charge in [0.1, 0.15) is 35.2 Å². The minimum Gasteiger partial charge on any atom is -0.435 e. The second kappa shape index (κ2) is 24.9. The van der Waals surface area contributed by atoms with E-state index in [1.165, 1.54) is 120 Å². The van der Waals surface area contributed by atoms with Crippen LogP contribution in [0.3, 0.4) is 0 Å². The van der Waals surface area contributed by atoms with E-state index in [2.05, 4.69) is 25.8 Å². The van der Waals surface area contributed by atoms with Gasteiger partial charge in [-0.15, -0.1) is 0 Å². The summed E-state index contributed by atoms with van der Waals surface area (Å²) in [5.74, 6) is -8.80. The highest BCUT2D eigenvalue weighted by molar-refractivity contribution is 7.93. The SMILES string of the molecule is CC1(NC(=O)c2ccc3c(c2)c(C(O)C(F)(F)F)nn3-c2cc(OC(F)F)cc(C3CC3[C@@H](O)c3nn(-c4cc(OC(F)F)cc(C5CC5[C@H](O)c5nn(-c6cccc(OC(F)F)c6)c6ccc(C(=O)NC7(C)CS(=O)(=O)C7)cc56)c4)c4ccc(C(=O)NC5(C)CS(=O)(=O)C5)cc34)c2)CS(=O)(=O)C1. The van der Waals surface area contributed by atoms with E-state index in [4.69, 9.17) is 19.7 Å². The quantitative estimate of drug-likeness (QED) is 0.0346. The van der Waals surface area contributed by atoms with Gasteiger partial charge in [-0.05, 0) is 159 Å². The van der Waals surface area contributed by atoms with Crippen LogP contribution in [0.1, 0.15) is 123 Å². The molecule has 7 atom stereocenters. The number of aliphatic hydroxyl groups is 3. The number of sulfone groups is 3. The minimum absolute atomic E-state index is 0.00786. The molecule has 5 fully saturated rings. The highest BCUT2D eigenvalue weighted by atomic mass is 32.2. The number of carbonyl (C=O) groups is 3. The van der Waals surface area contributed by atoms with Crippen molar-refractivity contribution in [2.75, 3.05) is 34.5 Å². The molecule has 5 unspecified atom stereocenters. The standard InChI is InChI=1S/C67H60F9N9O15S3/c1-64(25-101(92,93)26-64)77-58(89)31-7-10-49-46(17-31)52(80-83(49)36-5-4-6-39(20-36)98-61(68)69)55(86)44-23-42(44)34-13-37(21-40(15-34)99-62(70)71)84-50-11-8-32(59(90)78-65(2)27-102(94,95)28-65)18-47(50)53(81-84)56(87)45-24-43(45)35-14-38(22-41(16-35)100-63(72)73)85-51-12-9-33(60(91)79-66(3)29-103(96,97)30-66)19-48(51)54(82-85)57(88)67(74,75)76/h4-22,42-45,55-57,61-63,86-88H,23-30H2,1-3H3,(H,77,89)(H,78,90)(H,79,91)/t42?,43?,44?,45?,55-,56+,57?/m0/s1. The van der Waals surface area contributed by atoms with Crippen molar-refractivity contribution in [3.8, 4) is 34.3 Å². The predicted molar refractivity (Wildman–Crippen MR) is 349 cm³/mol. The van der Waals surface area contributed by atoms with Gasteiger partial charge in [0, 0.05) is 51.0 Å². The molecule has 9 aromatic rings. The summed E-state index contributed by atoms with van der Waals surface area (Å²) < 4.78 is 218. The lowest BCUT2D eigenvalue weighted by atomic mass is 10.0. The lowest BCUT2D eigenvalue weighted by Crippen LogP contribution is -2.63. The van der Waals surface area contributed by atoms with E-state index in [1.54, 1.807) is 13.0 Å². The number of hydrogen-bond acceptors (Lipinski definition) is 18. The van der Waals surface area contributed by atoms with Crippen molar-refractivity contribution in [2.24, 2.45) is 11.8 Å². The Balaban J connectivity index is 0.816. The Kier molecular flexibility index (Phi) is 17.1. The van der Waals surface area contributed by atoms with E-state index in [9.17, 15) is 94.5 Å². The highest BCUT2D eigenvalue weighted by Crippen LogP contribution is 2.57. The van der Waals surface area contributed by atoms with Crippen LogP contribution in [0.5, 0.6) is 17.2 Å². The van der Waals surface area contributed by atoms with Crippen molar-refractivity contribution < 1.29 is 109 Å². The zero-order valence-electron chi connectivity index (χ0n) is 54.0. The maximum atomic E-state index is 14.4. The number of ether oxygens (including phenoxy) is 3. The van der Waals surface area contributed by atoms with E-state index in [0.29, 0.717) is 5.56 Å². The van der Waals surface area contributed by atoms with Crippen molar-refractivity contribution >= 4 is 79.9 Å². The lowest BCUT2D eigenvalue weighted by Gasteiger charge is -2.38. The van der Waals surface area contributed by atoms with Crippen LogP contribution >= 0.6 is 0 Å². The largest absolute Gasteiger partial charge is 0.435 e. The number of alkyl halides is 9. The molecule has 6 aromatic carbocycles. The van der Waals surface area contributed by atoms with Crippen LogP contribution in [0, 0.1) is 11.8 Å². The van der Waals surface area contributed by atoms with Gasteiger partial charge in [-0.3, -0.25) is 14.4 Å². The zero-order chi connectivity index (χ0) is 73.7. The van der Waals surface area contributed by atoms with Gasteiger partial charge in [0.05, 0.1) is 96.1 Å². The molecule has 2 aliphatic carbocycles. The molecule has 103 heavy (non-hydrogen) atoms.